The number of halogens is 4. The lowest BCUT2D eigenvalue weighted by Gasteiger charge is -2.26. The van der Waals surface area contributed by atoms with Crippen LogP contribution in [0.25, 0.3) is 0 Å². The van der Waals surface area contributed by atoms with Crippen LogP contribution in [0.3, 0.4) is 0 Å². The standard InChI is InChI=1S/C21H25F3N4O.HI/c1-4-25-20(27-13-21(2,3)14-8-6-5-7-9-14)26-12-17(29)28-16-11-10-15(22)18(23)19(16)24;/h5-11H,4,12-13H2,1-3H3,(H,28,29)(H2,25,26,27);1H. The lowest BCUT2D eigenvalue weighted by atomic mass is 9.85. The van der Waals surface area contributed by atoms with E-state index in [0.717, 1.165) is 17.7 Å². The Morgan fingerprint density at radius 3 is 2.30 bits per heavy atom. The van der Waals surface area contributed by atoms with Gasteiger partial charge in [0.2, 0.25) is 5.91 Å². The highest BCUT2D eigenvalue weighted by molar-refractivity contribution is 14.0. The first kappa shape index (κ1) is 25.7. The summed E-state index contributed by atoms with van der Waals surface area (Å²) in [6.07, 6.45) is 0. The molecule has 0 heterocycles. The van der Waals surface area contributed by atoms with Gasteiger partial charge in [0, 0.05) is 18.5 Å². The maximum atomic E-state index is 13.7. The van der Waals surface area contributed by atoms with Gasteiger partial charge in [-0.3, -0.25) is 4.79 Å². The minimum Gasteiger partial charge on any atom is -0.357 e. The van der Waals surface area contributed by atoms with E-state index in [9.17, 15) is 18.0 Å². The first-order valence-corrected chi connectivity index (χ1v) is 9.25. The Balaban J connectivity index is 0.00000450. The first-order valence-electron chi connectivity index (χ1n) is 9.25. The zero-order chi connectivity index (χ0) is 21.4. The molecule has 164 valence electrons. The van der Waals surface area contributed by atoms with Gasteiger partial charge in [-0.1, -0.05) is 44.2 Å². The van der Waals surface area contributed by atoms with E-state index in [1.165, 1.54) is 0 Å². The van der Waals surface area contributed by atoms with E-state index in [0.29, 0.717) is 19.0 Å². The fourth-order valence-electron chi connectivity index (χ4n) is 2.60. The number of amides is 1. The minimum atomic E-state index is -1.63. The van der Waals surface area contributed by atoms with E-state index >= 15 is 0 Å². The summed E-state index contributed by atoms with van der Waals surface area (Å²) in [6, 6.07) is 11.7. The van der Waals surface area contributed by atoms with Crippen molar-refractivity contribution in [3.63, 3.8) is 0 Å². The van der Waals surface area contributed by atoms with Crippen molar-refractivity contribution in [1.29, 1.82) is 0 Å². The maximum absolute atomic E-state index is 13.7. The number of hydrogen-bond donors (Lipinski definition) is 3. The predicted octanol–water partition coefficient (Wildman–Crippen LogP) is 4.19. The summed E-state index contributed by atoms with van der Waals surface area (Å²) in [6.45, 7) is 6.87. The number of aliphatic imine (C=N–C) groups is 1. The largest absolute Gasteiger partial charge is 0.357 e. The van der Waals surface area contributed by atoms with Crippen LogP contribution in [-0.4, -0.2) is 31.5 Å². The monoisotopic (exact) mass is 534 g/mol. The molecule has 2 rings (SSSR count). The van der Waals surface area contributed by atoms with Crippen LogP contribution in [0, 0.1) is 17.5 Å². The van der Waals surface area contributed by atoms with E-state index < -0.39 is 29.0 Å². The zero-order valence-electron chi connectivity index (χ0n) is 17.1. The first-order chi connectivity index (χ1) is 13.7. The van der Waals surface area contributed by atoms with E-state index in [-0.39, 0.29) is 35.9 Å². The van der Waals surface area contributed by atoms with Crippen molar-refractivity contribution in [3.05, 3.63) is 65.5 Å². The Bertz CT molecular complexity index is 876. The number of guanidine groups is 1. The zero-order valence-corrected chi connectivity index (χ0v) is 19.4. The molecular weight excluding hydrogens is 508 g/mol. The molecule has 2 aromatic carbocycles. The fourth-order valence-corrected chi connectivity index (χ4v) is 2.60. The number of benzene rings is 2. The van der Waals surface area contributed by atoms with Crippen LogP contribution < -0.4 is 16.0 Å². The molecule has 0 aliphatic carbocycles. The van der Waals surface area contributed by atoms with Crippen LogP contribution in [0.1, 0.15) is 26.3 Å². The molecule has 0 atom stereocenters. The summed E-state index contributed by atoms with van der Waals surface area (Å²) >= 11 is 0. The molecule has 0 spiro atoms. The number of rotatable bonds is 7. The van der Waals surface area contributed by atoms with Crippen molar-refractivity contribution in [2.24, 2.45) is 4.99 Å². The summed E-state index contributed by atoms with van der Waals surface area (Å²) in [7, 11) is 0. The Hall–Kier alpha value is -2.30. The quantitative estimate of drug-likeness (QED) is 0.216. The van der Waals surface area contributed by atoms with Crippen molar-refractivity contribution in [2.75, 3.05) is 25.0 Å². The van der Waals surface area contributed by atoms with Crippen LogP contribution in [0.15, 0.2) is 47.5 Å². The van der Waals surface area contributed by atoms with Crippen molar-refractivity contribution >= 4 is 41.5 Å². The molecule has 0 aromatic heterocycles. The third-order valence-corrected chi connectivity index (χ3v) is 4.29. The highest BCUT2D eigenvalue weighted by Gasteiger charge is 2.20. The summed E-state index contributed by atoms with van der Waals surface area (Å²) in [5, 5.41) is 8.40. The normalized spacial score (nSPS) is 11.5. The second-order valence-corrected chi connectivity index (χ2v) is 7.07. The van der Waals surface area contributed by atoms with Gasteiger partial charge in [-0.2, -0.15) is 0 Å². The Morgan fingerprint density at radius 2 is 1.67 bits per heavy atom. The van der Waals surface area contributed by atoms with Crippen LogP contribution in [0.5, 0.6) is 0 Å². The molecule has 0 saturated carbocycles. The molecule has 0 bridgehead atoms. The van der Waals surface area contributed by atoms with E-state index in [2.05, 4.69) is 34.8 Å². The number of anilines is 1. The molecule has 3 N–H and O–H groups in total. The van der Waals surface area contributed by atoms with Crippen LogP contribution in [0.4, 0.5) is 18.9 Å². The number of hydrogen-bond acceptors (Lipinski definition) is 2. The maximum Gasteiger partial charge on any atom is 0.246 e. The van der Waals surface area contributed by atoms with E-state index in [1.807, 2.05) is 37.3 Å². The summed E-state index contributed by atoms with van der Waals surface area (Å²) in [4.78, 5) is 16.2. The average molecular weight is 534 g/mol. The van der Waals surface area contributed by atoms with Crippen molar-refractivity contribution in [1.82, 2.24) is 10.6 Å². The lowest BCUT2D eigenvalue weighted by molar-refractivity contribution is -0.114. The summed E-state index contributed by atoms with van der Waals surface area (Å²) in [5.41, 5.74) is 0.524. The van der Waals surface area contributed by atoms with Crippen LogP contribution in [-0.2, 0) is 10.2 Å². The molecule has 2 aromatic rings. The smallest absolute Gasteiger partial charge is 0.246 e. The molecule has 9 heteroatoms. The van der Waals surface area contributed by atoms with Gasteiger partial charge in [0.1, 0.15) is 6.54 Å². The van der Waals surface area contributed by atoms with Crippen LogP contribution >= 0.6 is 24.0 Å². The summed E-state index contributed by atoms with van der Waals surface area (Å²) in [5.74, 6) is -4.65. The molecule has 1 amide bonds. The molecular formula is C21H26F3IN4O. The van der Waals surface area contributed by atoms with Gasteiger partial charge in [0.25, 0.3) is 0 Å². The molecule has 30 heavy (non-hydrogen) atoms. The van der Waals surface area contributed by atoms with E-state index in [1.54, 1.807) is 0 Å². The number of carbonyl (C=O) groups is 1. The Kier molecular flexibility index (Phi) is 10.1. The minimum absolute atomic E-state index is 0. The van der Waals surface area contributed by atoms with E-state index in [4.69, 9.17) is 0 Å². The molecule has 0 fully saturated rings. The second-order valence-electron chi connectivity index (χ2n) is 7.07. The molecule has 5 nitrogen and oxygen atoms in total. The van der Waals surface area contributed by atoms with Gasteiger partial charge in [-0.15, -0.1) is 24.0 Å². The number of nitrogens with one attached hydrogen (secondary N) is 3. The van der Waals surface area contributed by atoms with Gasteiger partial charge in [-0.25, -0.2) is 18.2 Å². The highest BCUT2D eigenvalue weighted by atomic mass is 127. The van der Waals surface area contributed by atoms with Gasteiger partial charge in [-0.05, 0) is 24.6 Å². The Morgan fingerprint density at radius 1 is 1.00 bits per heavy atom. The van der Waals surface area contributed by atoms with Gasteiger partial charge < -0.3 is 16.0 Å². The average Bonchev–Trinajstić information content (AvgIpc) is 2.71. The third kappa shape index (κ3) is 7.19. The predicted molar refractivity (Wildman–Crippen MR) is 124 cm³/mol. The van der Waals surface area contributed by atoms with Crippen LogP contribution in [0.2, 0.25) is 0 Å². The van der Waals surface area contributed by atoms with Gasteiger partial charge in [0.15, 0.2) is 23.4 Å². The van der Waals surface area contributed by atoms with Gasteiger partial charge >= 0.3 is 0 Å². The third-order valence-electron chi connectivity index (χ3n) is 4.29. The van der Waals surface area contributed by atoms with Crippen molar-refractivity contribution < 1.29 is 18.0 Å². The SMILES string of the molecule is CCNC(=NCC(=O)Nc1ccc(F)c(F)c1F)NCC(C)(C)c1ccccc1.I. The van der Waals surface area contributed by atoms with Crippen molar-refractivity contribution in [2.45, 2.75) is 26.2 Å². The molecule has 0 unspecified atom stereocenters. The summed E-state index contributed by atoms with van der Waals surface area (Å²) < 4.78 is 39.9. The Labute approximate surface area is 191 Å². The fraction of sp³-hybridized carbons (Fsp3) is 0.333. The lowest BCUT2D eigenvalue weighted by Crippen LogP contribution is -2.43. The topological polar surface area (TPSA) is 65.5 Å². The van der Waals surface area contributed by atoms with Crippen molar-refractivity contribution in [3.8, 4) is 0 Å². The molecule has 0 aliphatic heterocycles. The number of nitrogens with zero attached hydrogens (tertiary/aromatic N) is 1. The molecule has 0 aliphatic rings. The second kappa shape index (κ2) is 11.8. The highest BCUT2D eigenvalue weighted by Crippen LogP contribution is 2.21. The van der Waals surface area contributed by atoms with Gasteiger partial charge in [0.05, 0.1) is 5.69 Å². The molecule has 0 saturated heterocycles. The number of carbonyl (C=O) groups excluding carboxylic acids is 1. The molecule has 0 radical (unpaired) electrons.